The number of nitrogens with one attached hydrogen (secondary N) is 1. The summed E-state index contributed by atoms with van der Waals surface area (Å²) in [4.78, 5) is 13.6. The van der Waals surface area contributed by atoms with Gasteiger partial charge in [-0.05, 0) is 45.4 Å². The highest BCUT2D eigenvalue weighted by molar-refractivity contribution is 5.67. The van der Waals surface area contributed by atoms with Gasteiger partial charge in [0.05, 0.1) is 6.54 Å². The van der Waals surface area contributed by atoms with Crippen LogP contribution in [0, 0.1) is 6.92 Å². The molecule has 4 heteroatoms. The summed E-state index contributed by atoms with van der Waals surface area (Å²) in [5, 5.41) is 2.70. The Balaban J connectivity index is 2.43. The zero-order valence-corrected chi connectivity index (χ0v) is 12.3. The summed E-state index contributed by atoms with van der Waals surface area (Å²) in [5.74, 6) is 0. The van der Waals surface area contributed by atoms with Crippen LogP contribution in [0.3, 0.4) is 0 Å². The zero-order valence-electron chi connectivity index (χ0n) is 12.3. The number of aryl methyl sites for hydroxylation is 1. The first-order valence-electron chi connectivity index (χ1n) is 6.77. The summed E-state index contributed by atoms with van der Waals surface area (Å²) < 4.78 is 5.15. The largest absolute Gasteiger partial charge is 0.448 e. The van der Waals surface area contributed by atoms with Gasteiger partial charge in [-0.25, -0.2) is 4.79 Å². The van der Waals surface area contributed by atoms with Crippen LogP contribution in [0.1, 0.15) is 26.3 Å². The lowest BCUT2D eigenvalue weighted by molar-refractivity contribution is 0.146. The molecular formula is C15H24N2O2. The van der Waals surface area contributed by atoms with Gasteiger partial charge in [0, 0.05) is 18.3 Å². The molecule has 0 saturated carbocycles. The molecule has 106 valence electrons. The molecule has 0 fully saturated rings. The van der Waals surface area contributed by atoms with E-state index in [0.29, 0.717) is 13.2 Å². The fraction of sp³-hybridized carbons (Fsp3) is 0.533. The van der Waals surface area contributed by atoms with Crippen LogP contribution in [0.15, 0.2) is 24.3 Å². The minimum atomic E-state index is -0.352. The lowest BCUT2D eigenvalue weighted by Crippen LogP contribution is -2.34. The Bertz CT molecular complexity index is 405. The predicted molar refractivity (Wildman–Crippen MR) is 78.7 cm³/mol. The normalized spacial score (nSPS) is 10.4. The summed E-state index contributed by atoms with van der Waals surface area (Å²) in [6.07, 6.45) is -0.352. The molecule has 0 bridgehead atoms. The number of rotatable bonds is 6. The number of ether oxygens (including phenoxy) is 1. The van der Waals surface area contributed by atoms with Gasteiger partial charge in [-0.1, -0.05) is 12.1 Å². The second kappa shape index (κ2) is 7.67. The fourth-order valence-corrected chi connectivity index (χ4v) is 1.82. The van der Waals surface area contributed by atoms with Gasteiger partial charge >= 0.3 is 6.09 Å². The van der Waals surface area contributed by atoms with Gasteiger partial charge in [0.15, 0.2) is 0 Å². The lowest BCUT2D eigenvalue weighted by atomic mass is 10.2. The number of carbonyl (C=O) groups excluding carboxylic acids is 1. The van der Waals surface area contributed by atoms with Crippen molar-refractivity contribution in [3.63, 3.8) is 0 Å². The van der Waals surface area contributed by atoms with Crippen molar-refractivity contribution in [3.05, 3.63) is 29.8 Å². The van der Waals surface area contributed by atoms with Gasteiger partial charge in [-0.15, -0.1) is 0 Å². The molecule has 19 heavy (non-hydrogen) atoms. The third-order valence-corrected chi connectivity index (χ3v) is 2.75. The SMILES string of the molecule is CCN(CCOC(=O)NC(C)C)c1cccc(C)c1. The Labute approximate surface area is 115 Å². The van der Waals surface area contributed by atoms with E-state index in [1.165, 1.54) is 5.56 Å². The molecule has 0 heterocycles. The molecule has 0 atom stereocenters. The van der Waals surface area contributed by atoms with E-state index in [2.05, 4.69) is 42.3 Å². The highest BCUT2D eigenvalue weighted by atomic mass is 16.5. The van der Waals surface area contributed by atoms with Crippen molar-refractivity contribution in [1.82, 2.24) is 5.32 Å². The van der Waals surface area contributed by atoms with Crippen molar-refractivity contribution in [2.24, 2.45) is 0 Å². The highest BCUT2D eigenvalue weighted by Crippen LogP contribution is 2.15. The number of anilines is 1. The third kappa shape index (κ3) is 5.64. The van der Waals surface area contributed by atoms with Crippen molar-refractivity contribution in [2.45, 2.75) is 33.7 Å². The van der Waals surface area contributed by atoms with E-state index in [9.17, 15) is 4.79 Å². The first kappa shape index (κ1) is 15.3. The molecule has 0 saturated heterocycles. The Hall–Kier alpha value is -1.71. The molecule has 0 unspecified atom stereocenters. The smallest absolute Gasteiger partial charge is 0.407 e. The number of alkyl carbamates (subject to hydrolysis) is 1. The fourth-order valence-electron chi connectivity index (χ4n) is 1.82. The van der Waals surface area contributed by atoms with Crippen LogP contribution in [0.4, 0.5) is 10.5 Å². The van der Waals surface area contributed by atoms with Crippen molar-refractivity contribution in [2.75, 3.05) is 24.6 Å². The molecule has 0 aliphatic heterocycles. The maximum absolute atomic E-state index is 11.4. The summed E-state index contributed by atoms with van der Waals surface area (Å²) >= 11 is 0. The highest BCUT2D eigenvalue weighted by Gasteiger charge is 2.07. The Morgan fingerprint density at radius 2 is 2.16 bits per heavy atom. The summed E-state index contributed by atoms with van der Waals surface area (Å²) in [5.41, 5.74) is 2.39. The molecule has 0 aliphatic rings. The van der Waals surface area contributed by atoms with Gasteiger partial charge in [-0.2, -0.15) is 0 Å². The molecular weight excluding hydrogens is 240 g/mol. The number of carbonyl (C=O) groups is 1. The number of amides is 1. The van der Waals surface area contributed by atoms with Crippen LogP contribution in [0.2, 0.25) is 0 Å². The predicted octanol–water partition coefficient (Wildman–Crippen LogP) is 2.96. The number of nitrogens with zero attached hydrogens (tertiary/aromatic N) is 1. The molecule has 1 N–H and O–H groups in total. The van der Waals surface area contributed by atoms with Crippen LogP contribution in [0.5, 0.6) is 0 Å². The molecule has 0 radical (unpaired) electrons. The maximum atomic E-state index is 11.4. The Morgan fingerprint density at radius 3 is 2.74 bits per heavy atom. The van der Waals surface area contributed by atoms with E-state index in [1.54, 1.807) is 0 Å². The third-order valence-electron chi connectivity index (χ3n) is 2.75. The van der Waals surface area contributed by atoms with Crippen LogP contribution in [-0.2, 0) is 4.74 Å². The molecule has 1 amide bonds. The first-order valence-corrected chi connectivity index (χ1v) is 6.77. The van der Waals surface area contributed by atoms with Gasteiger partial charge in [0.1, 0.15) is 6.61 Å². The van der Waals surface area contributed by atoms with E-state index in [0.717, 1.165) is 12.2 Å². The summed E-state index contributed by atoms with van der Waals surface area (Å²) in [7, 11) is 0. The van der Waals surface area contributed by atoms with Crippen LogP contribution < -0.4 is 10.2 Å². The number of hydrogen-bond acceptors (Lipinski definition) is 3. The first-order chi connectivity index (χ1) is 9.02. The molecule has 1 aromatic carbocycles. The van der Waals surface area contributed by atoms with Gasteiger partial charge in [0.2, 0.25) is 0 Å². The van der Waals surface area contributed by atoms with Crippen LogP contribution in [0.25, 0.3) is 0 Å². The van der Waals surface area contributed by atoms with E-state index >= 15 is 0 Å². The Kier molecular flexibility index (Phi) is 6.19. The van der Waals surface area contributed by atoms with Crippen molar-refractivity contribution >= 4 is 11.8 Å². The number of hydrogen-bond donors (Lipinski definition) is 1. The second-order valence-electron chi connectivity index (χ2n) is 4.85. The number of likely N-dealkylation sites (N-methyl/N-ethyl adjacent to an activating group) is 1. The van der Waals surface area contributed by atoms with E-state index < -0.39 is 0 Å². The second-order valence-corrected chi connectivity index (χ2v) is 4.85. The van der Waals surface area contributed by atoms with E-state index in [4.69, 9.17) is 4.74 Å². The van der Waals surface area contributed by atoms with E-state index in [-0.39, 0.29) is 12.1 Å². The molecule has 0 aliphatic carbocycles. The van der Waals surface area contributed by atoms with Crippen LogP contribution in [-0.4, -0.2) is 31.8 Å². The van der Waals surface area contributed by atoms with Gasteiger partial charge in [-0.3, -0.25) is 0 Å². The van der Waals surface area contributed by atoms with Crippen molar-refractivity contribution in [3.8, 4) is 0 Å². The molecule has 0 spiro atoms. The van der Waals surface area contributed by atoms with Crippen molar-refractivity contribution in [1.29, 1.82) is 0 Å². The number of benzene rings is 1. The van der Waals surface area contributed by atoms with Gasteiger partial charge in [0.25, 0.3) is 0 Å². The van der Waals surface area contributed by atoms with Gasteiger partial charge < -0.3 is 15.0 Å². The van der Waals surface area contributed by atoms with Crippen molar-refractivity contribution < 1.29 is 9.53 Å². The van der Waals surface area contributed by atoms with Crippen LogP contribution >= 0.6 is 0 Å². The molecule has 1 aromatic rings. The maximum Gasteiger partial charge on any atom is 0.407 e. The standard InChI is InChI=1S/C15H24N2O2/c1-5-17(14-8-6-7-13(4)11-14)9-10-19-15(18)16-12(2)3/h6-8,11-12H,5,9-10H2,1-4H3,(H,16,18). The zero-order chi connectivity index (χ0) is 14.3. The topological polar surface area (TPSA) is 41.6 Å². The average molecular weight is 264 g/mol. The van der Waals surface area contributed by atoms with E-state index in [1.807, 2.05) is 19.9 Å². The summed E-state index contributed by atoms with van der Waals surface area (Å²) in [6, 6.07) is 8.43. The summed E-state index contributed by atoms with van der Waals surface area (Å²) in [6.45, 7) is 9.96. The molecule has 4 nitrogen and oxygen atoms in total. The quantitative estimate of drug-likeness (QED) is 0.859. The average Bonchev–Trinajstić information content (AvgIpc) is 2.33. The molecule has 1 rings (SSSR count). The monoisotopic (exact) mass is 264 g/mol. The minimum Gasteiger partial charge on any atom is -0.448 e. The minimum absolute atomic E-state index is 0.103. The lowest BCUT2D eigenvalue weighted by Gasteiger charge is -2.23. The Morgan fingerprint density at radius 1 is 1.42 bits per heavy atom. The molecule has 0 aromatic heterocycles.